The molecule has 6 nitrogen and oxygen atoms in total. The minimum absolute atomic E-state index is 0.0106. The van der Waals surface area contributed by atoms with E-state index >= 15 is 0 Å². The molecule has 3 aliphatic heterocycles. The lowest BCUT2D eigenvalue weighted by atomic mass is 10.0. The largest absolute Gasteiger partial charge is 0.387 e. The van der Waals surface area contributed by atoms with Crippen molar-refractivity contribution < 1.29 is 19.7 Å². The van der Waals surface area contributed by atoms with Crippen LogP contribution in [0.25, 0.3) is 0 Å². The van der Waals surface area contributed by atoms with Gasteiger partial charge in [0.05, 0.1) is 37.5 Å². The Balaban J connectivity index is 1.25. The number of hydrogen-bond donors (Lipinski definition) is 2. The summed E-state index contributed by atoms with van der Waals surface area (Å²) in [6.07, 6.45) is 41.3. The van der Waals surface area contributed by atoms with Crippen LogP contribution in [0.3, 0.4) is 0 Å². The molecular weight excluding hydrogens is 596 g/mol. The Morgan fingerprint density at radius 2 is 0.812 bits per heavy atom. The third kappa shape index (κ3) is 16.5. The lowest BCUT2D eigenvalue weighted by Gasteiger charge is -2.37. The highest BCUT2D eigenvalue weighted by Gasteiger charge is 2.44. The summed E-state index contributed by atoms with van der Waals surface area (Å²) in [4.78, 5) is 4.74. The minimum atomic E-state index is -0.497. The molecule has 3 heterocycles. The molecule has 0 aromatic rings. The first-order chi connectivity index (χ1) is 23.7. The SMILES string of the molecule is CCCCCCCCCCCCC/C=C/C(O)C1COC2CCN3C(CCN21)OCC3C(O)/C=C/CCCCCCCCCCCCC. The van der Waals surface area contributed by atoms with Gasteiger partial charge in [-0.1, -0.05) is 167 Å². The Morgan fingerprint density at radius 1 is 0.500 bits per heavy atom. The normalized spacial score (nSPS) is 25.1. The van der Waals surface area contributed by atoms with Gasteiger partial charge in [0.1, 0.15) is 12.5 Å². The summed E-state index contributed by atoms with van der Waals surface area (Å²) in [5.74, 6) is 0. The van der Waals surface area contributed by atoms with Gasteiger partial charge in [-0.15, -0.1) is 0 Å². The van der Waals surface area contributed by atoms with Crippen molar-refractivity contribution in [3.8, 4) is 0 Å². The van der Waals surface area contributed by atoms with Crippen LogP contribution < -0.4 is 0 Å². The Kier molecular flexibility index (Phi) is 23.4. The van der Waals surface area contributed by atoms with Crippen molar-refractivity contribution in [3.05, 3.63) is 24.3 Å². The molecule has 6 unspecified atom stereocenters. The number of allylic oxidation sites excluding steroid dienone is 2. The zero-order chi connectivity index (χ0) is 34.1. The number of aliphatic hydroxyl groups excluding tert-OH is 2. The van der Waals surface area contributed by atoms with E-state index in [0.29, 0.717) is 13.2 Å². The first kappa shape index (κ1) is 41.7. The van der Waals surface area contributed by atoms with E-state index in [-0.39, 0.29) is 24.5 Å². The second-order valence-electron chi connectivity index (χ2n) is 15.2. The lowest BCUT2D eigenvalue weighted by molar-refractivity contribution is -0.0502. The Bertz CT molecular complexity index is 755. The van der Waals surface area contributed by atoms with E-state index in [1.54, 1.807) is 0 Å². The predicted octanol–water partition coefficient (Wildman–Crippen LogP) is 10.1. The maximum Gasteiger partial charge on any atom is 0.112 e. The van der Waals surface area contributed by atoms with Gasteiger partial charge >= 0.3 is 0 Å². The van der Waals surface area contributed by atoms with Gasteiger partial charge in [-0.05, 0) is 38.5 Å². The molecule has 3 rings (SSSR count). The summed E-state index contributed by atoms with van der Waals surface area (Å²) in [5.41, 5.74) is 0. The summed E-state index contributed by atoms with van der Waals surface area (Å²) in [5, 5.41) is 22.1. The zero-order valence-electron chi connectivity index (χ0n) is 31.6. The smallest absolute Gasteiger partial charge is 0.112 e. The molecule has 0 amide bonds. The fourth-order valence-corrected chi connectivity index (χ4v) is 8.04. The molecule has 0 aliphatic carbocycles. The van der Waals surface area contributed by atoms with Gasteiger partial charge in [-0.25, -0.2) is 0 Å². The molecule has 0 aromatic carbocycles. The number of aliphatic hydroxyl groups is 2. The van der Waals surface area contributed by atoms with Gasteiger partial charge in [-0.3, -0.25) is 9.80 Å². The van der Waals surface area contributed by atoms with Crippen LogP contribution in [0.4, 0.5) is 0 Å². The van der Waals surface area contributed by atoms with Crippen molar-refractivity contribution >= 4 is 0 Å². The first-order valence-corrected chi connectivity index (χ1v) is 21.1. The summed E-state index contributed by atoms with van der Waals surface area (Å²) in [6, 6.07) is 0.0211. The zero-order valence-corrected chi connectivity index (χ0v) is 31.6. The predicted molar refractivity (Wildman–Crippen MR) is 202 cm³/mol. The Hall–Kier alpha value is -0.760. The summed E-state index contributed by atoms with van der Waals surface area (Å²) < 4.78 is 12.5. The molecule has 48 heavy (non-hydrogen) atoms. The quantitative estimate of drug-likeness (QED) is 0.0636. The number of ether oxygens (including phenoxy) is 2. The topological polar surface area (TPSA) is 65.4 Å². The maximum atomic E-state index is 11.1. The molecule has 6 heteroatoms. The summed E-state index contributed by atoms with van der Waals surface area (Å²) in [6.45, 7) is 7.41. The van der Waals surface area contributed by atoms with Crippen molar-refractivity contribution in [3.63, 3.8) is 0 Å². The fourth-order valence-electron chi connectivity index (χ4n) is 8.04. The Labute approximate surface area is 297 Å². The van der Waals surface area contributed by atoms with Gasteiger partial charge in [0.15, 0.2) is 0 Å². The van der Waals surface area contributed by atoms with Gasteiger partial charge < -0.3 is 19.7 Å². The van der Waals surface area contributed by atoms with E-state index in [1.165, 1.54) is 141 Å². The van der Waals surface area contributed by atoms with E-state index in [9.17, 15) is 10.2 Å². The summed E-state index contributed by atoms with van der Waals surface area (Å²) >= 11 is 0. The van der Waals surface area contributed by atoms with E-state index in [2.05, 4.69) is 35.8 Å². The van der Waals surface area contributed by atoms with E-state index in [4.69, 9.17) is 9.47 Å². The number of hydrogen-bond acceptors (Lipinski definition) is 6. The van der Waals surface area contributed by atoms with Crippen molar-refractivity contribution in [1.29, 1.82) is 0 Å². The van der Waals surface area contributed by atoms with Gasteiger partial charge in [-0.2, -0.15) is 0 Å². The molecule has 0 bridgehead atoms. The molecule has 6 atom stereocenters. The highest BCUT2D eigenvalue weighted by atomic mass is 16.5. The van der Waals surface area contributed by atoms with Crippen LogP contribution in [-0.4, -0.2) is 83.1 Å². The highest BCUT2D eigenvalue weighted by Crippen LogP contribution is 2.31. The van der Waals surface area contributed by atoms with Crippen LogP contribution >= 0.6 is 0 Å². The number of fused-ring (bicyclic) bond motifs is 2. The average molecular weight is 675 g/mol. The monoisotopic (exact) mass is 675 g/mol. The number of rotatable bonds is 28. The van der Waals surface area contributed by atoms with Crippen molar-refractivity contribution in [2.45, 2.75) is 218 Å². The van der Waals surface area contributed by atoms with Crippen LogP contribution in [0.5, 0.6) is 0 Å². The lowest BCUT2D eigenvalue weighted by Crippen LogP contribution is -2.51. The van der Waals surface area contributed by atoms with Crippen molar-refractivity contribution in [2.75, 3.05) is 26.3 Å². The molecule has 3 fully saturated rings. The average Bonchev–Trinajstić information content (AvgIpc) is 3.68. The van der Waals surface area contributed by atoms with Gasteiger partial charge in [0, 0.05) is 13.1 Å². The van der Waals surface area contributed by atoms with Crippen molar-refractivity contribution in [2.24, 2.45) is 0 Å². The van der Waals surface area contributed by atoms with E-state index in [0.717, 1.165) is 38.8 Å². The Morgan fingerprint density at radius 3 is 1.15 bits per heavy atom. The standard InChI is InChI=1S/C42H78N2O4/c1-3-5-7-9-11-13-15-17-19-21-23-25-27-29-39(45)37-35-47-41-32-34-44-38(36-48-42(44)31-33-43(37)41)40(46)30-28-26-24-22-20-18-16-14-12-10-8-6-4-2/h27-30,37-42,45-46H,3-26,31-36H2,1-2H3/b29-27+,30-28+. The van der Waals surface area contributed by atoms with Crippen LogP contribution in [0, 0.1) is 0 Å². The van der Waals surface area contributed by atoms with Crippen LogP contribution in [0.2, 0.25) is 0 Å². The highest BCUT2D eigenvalue weighted by molar-refractivity contribution is 5.02. The molecule has 0 aromatic heterocycles. The molecular formula is C42H78N2O4. The molecule has 3 aliphatic rings. The van der Waals surface area contributed by atoms with Crippen LogP contribution in [0.1, 0.15) is 181 Å². The molecule has 0 spiro atoms. The first-order valence-electron chi connectivity index (χ1n) is 21.1. The van der Waals surface area contributed by atoms with Gasteiger partial charge in [0.25, 0.3) is 0 Å². The number of nitrogens with zero attached hydrogens (tertiary/aromatic N) is 2. The molecule has 0 radical (unpaired) electrons. The van der Waals surface area contributed by atoms with E-state index < -0.39 is 12.2 Å². The minimum Gasteiger partial charge on any atom is -0.387 e. The summed E-state index contributed by atoms with van der Waals surface area (Å²) in [7, 11) is 0. The van der Waals surface area contributed by atoms with Gasteiger partial charge in [0.2, 0.25) is 0 Å². The molecule has 3 saturated heterocycles. The number of unbranched alkanes of at least 4 members (excludes halogenated alkanes) is 22. The van der Waals surface area contributed by atoms with Crippen LogP contribution in [-0.2, 0) is 9.47 Å². The maximum absolute atomic E-state index is 11.1. The van der Waals surface area contributed by atoms with Crippen molar-refractivity contribution in [1.82, 2.24) is 9.80 Å². The second-order valence-corrected chi connectivity index (χ2v) is 15.2. The third-order valence-electron chi connectivity index (χ3n) is 11.2. The molecule has 2 N–H and O–H groups in total. The van der Waals surface area contributed by atoms with Crippen LogP contribution in [0.15, 0.2) is 24.3 Å². The third-order valence-corrected chi connectivity index (χ3v) is 11.2. The molecule has 0 saturated carbocycles. The fraction of sp³-hybridized carbons (Fsp3) is 0.905. The second kappa shape index (κ2) is 27.0. The van der Waals surface area contributed by atoms with E-state index in [1.807, 2.05) is 12.2 Å². The molecule has 280 valence electrons.